The summed E-state index contributed by atoms with van der Waals surface area (Å²) in [7, 11) is 0. The van der Waals surface area contributed by atoms with E-state index in [0.717, 1.165) is 44.6 Å². The van der Waals surface area contributed by atoms with Crippen molar-refractivity contribution >= 4 is 23.2 Å². The molecule has 3 nitrogen and oxygen atoms in total. The van der Waals surface area contributed by atoms with Crippen LogP contribution in [0.3, 0.4) is 0 Å². The number of benzene rings is 1. The number of halogens is 2. The molecule has 0 radical (unpaired) electrons. The minimum absolute atomic E-state index is 0.172. The van der Waals surface area contributed by atoms with Gasteiger partial charge in [0.25, 0.3) is 0 Å². The fourth-order valence-electron chi connectivity index (χ4n) is 2.86. The quantitative estimate of drug-likeness (QED) is 0.853. The van der Waals surface area contributed by atoms with Crippen molar-refractivity contribution in [2.75, 3.05) is 26.2 Å². The van der Waals surface area contributed by atoms with Crippen molar-refractivity contribution < 1.29 is 5.11 Å². The monoisotopic (exact) mass is 330 g/mol. The maximum absolute atomic E-state index is 10.4. The lowest BCUT2D eigenvalue weighted by Crippen LogP contribution is -2.45. The Morgan fingerprint density at radius 2 is 1.86 bits per heavy atom. The SMILES string of the molecule is CC(C)CC[C@@H](c1cc(Cl)cc(Cl)c1O)N1CCNCC1. The molecule has 1 aromatic rings. The molecule has 0 bridgehead atoms. The van der Waals surface area contributed by atoms with E-state index in [2.05, 4.69) is 24.1 Å². The Balaban J connectivity index is 2.29. The van der Waals surface area contributed by atoms with Crippen molar-refractivity contribution in [3.8, 4) is 5.75 Å². The summed E-state index contributed by atoms with van der Waals surface area (Å²) in [5, 5.41) is 14.6. The first kappa shape index (κ1) is 16.9. The van der Waals surface area contributed by atoms with E-state index in [1.54, 1.807) is 6.07 Å². The highest BCUT2D eigenvalue weighted by atomic mass is 35.5. The highest BCUT2D eigenvalue weighted by Crippen LogP contribution is 2.39. The lowest BCUT2D eigenvalue weighted by molar-refractivity contribution is 0.157. The van der Waals surface area contributed by atoms with Crippen molar-refractivity contribution in [2.24, 2.45) is 5.92 Å². The third kappa shape index (κ3) is 4.49. The standard InChI is InChI=1S/C16H24Cl2N2O/c1-11(2)3-4-15(20-7-5-19-6-8-20)13-9-12(17)10-14(18)16(13)21/h9-11,15,19,21H,3-8H2,1-2H3/t15-/m0/s1. The Kier molecular flexibility index (Phi) is 6.18. The van der Waals surface area contributed by atoms with E-state index in [9.17, 15) is 5.11 Å². The highest BCUT2D eigenvalue weighted by Gasteiger charge is 2.25. The zero-order chi connectivity index (χ0) is 15.4. The summed E-state index contributed by atoms with van der Waals surface area (Å²) in [6.07, 6.45) is 2.11. The van der Waals surface area contributed by atoms with Gasteiger partial charge in [0.05, 0.1) is 5.02 Å². The molecule has 1 aromatic carbocycles. The van der Waals surface area contributed by atoms with E-state index in [0.29, 0.717) is 16.0 Å². The molecule has 21 heavy (non-hydrogen) atoms. The number of piperazine rings is 1. The molecule has 0 aromatic heterocycles. The van der Waals surface area contributed by atoms with Gasteiger partial charge in [-0.1, -0.05) is 37.0 Å². The van der Waals surface area contributed by atoms with Gasteiger partial charge in [0.2, 0.25) is 0 Å². The summed E-state index contributed by atoms with van der Waals surface area (Å²) in [5.74, 6) is 0.806. The van der Waals surface area contributed by atoms with E-state index in [4.69, 9.17) is 23.2 Å². The summed E-state index contributed by atoms with van der Waals surface area (Å²) in [6.45, 7) is 8.36. The molecule has 1 heterocycles. The maximum atomic E-state index is 10.4. The number of phenols is 1. The Hall–Kier alpha value is -0.480. The third-order valence-corrected chi connectivity index (χ3v) is 4.53. The molecular weight excluding hydrogens is 307 g/mol. The molecule has 1 saturated heterocycles. The van der Waals surface area contributed by atoms with Gasteiger partial charge in [0.1, 0.15) is 5.75 Å². The van der Waals surface area contributed by atoms with Gasteiger partial charge in [0.15, 0.2) is 0 Å². The molecule has 1 aliphatic rings. The Labute approximate surface area is 137 Å². The van der Waals surface area contributed by atoms with Crippen LogP contribution in [0.5, 0.6) is 5.75 Å². The number of nitrogens with zero attached hydrogens (tertiary/aromatic N) is 1. The molecule has 0 aliphatic carbocycles. The van der Waals surface area contributed by atoms with Crippen LogP contribution in [-0.4, -0.2) is 36.2 Å². The highest BCUT2D eigenvalue weighted by molar-refractivity contribution is 6.35. The molecular formula is C16H24Cl2N2O. The summed E-state index contributed by atoms with van der Waals surface area (Å²) >= 11 is 12.2. The van der Waals surface area contributed by atoms with Gasteiger partial charge in [-0.05, 0) is 30.9 Å². The van der Waals surface area contributed by atoms with Gasteiger partial charge >= 0.3 is 0 Å². The van der Waals surface area contributed by atoms with Crippen LogP contribution in [0.2, 0.25) is 10.0 Å². The molecule has 0 saturated carbocycles. The molecule has 0 amide bonds. The minimum atomic E-state index is 0.172. The second kappa shape index (κ2) is 7.68. The van der Waals surface area contributed by atoms with Crippen LogP contribution in [0, 0.1) is 5.92 Å². The van der Waals surface area contributed by atoms with Crippen molar-refractivity contribution in [1.29, 1.82) is 0 Å². The zero-order valence-corrected chi connectivity index (χ0v) is 14.2. The van der Waals surface area contributed by atoms with Crippen LogP contribution in [0.25, 0.3) is 0 Å². The zero-order valence-electron chi connectivity index (χ0n) is 12.7. The average Bonchev–Trinajstić information content (AvgIpc) is 2.45. The van der Waals surface area contributed by atoms with Crippen molar-refractivity contribution in [2.45, 2.75) is 32.7 Å². The van der Waals surface area contributed by atoms with Gasteiger partial charge in [0, 0.05) is 42.8 Å². The number of phenolic OH excluding ortho intramolecular Hbond substituents is 1. The number of aromatic hydroxyl groups is 1. The van der Waals surface area contributed by atoms with Crippen LogP contribution in [0.15, 0.2) is 12.1 Å². The Morgan fingerprint density at radius 1 is 1.19 bits per heavy atom. The normalized spacial score (nSPS) is 18.1. The topological polar surface area (TPSA) is 35.5 Å². The largest absolute Gasteiger partial charge is 0.506 e. The van der Waals surface area contributed by atoms with Crippen LogP contribution in [-0.2, 0) is 0 Å². The van der Waals surface area contributed by atoms with E-state index < -0.39 is 0 Å². The first-order chi connectivity index (χ1) is 9.99. The van der Waals surface area contributed by atoms with Crippen molar-refractivity contribution in [3.63, 3.8) is 0 Å². The third-order valence-electron chi connectivity index (χ3n) is 4.03. The Morgan fingerprint density at radius 3 is 2.48 bits per heavy atom. The second-order valence-electron chi connectivity index (χ2n) is 6.10. The number of hydrogen-bond acceptors (Lipinski definition) is 3. The van der Waals surface area contributed by atoms with Crippen molar-refractivity contribution in [1.82, 2.24) is 10.2 Å². The second-order valence-corrected chi connectivity index (χ2v) is 6.94. The van der Waals surface area contributed by atoms with Gasteiger partial charge < -0.3 is 10.4 Å². The van der Waals surface area contributed by atoms with Crippen LogP contribution in [0.1, 0.15) is 38.3 Å². The molecule has 1 aliphatic heterocycles. The number of hydrogen-bond donors (Lipinski definition) is 2. The van der Waals surface area contributed by atoms with Crippen LogP contribution < -0.4 is 5.32 Å². The van der Waals surface area contributed by atoms with Gasteiger partial charge in [-0.3, -0.25) is 4.90 Å². The first-order valence-corrected chi connectivity index (χ1v) is 8.37. The van der Waals surface area contributed by atoms with E-state index in [1.807, 2.05) is 6.07 Å². The van der Waals surface area contributed by atoms with E-state index in [-0.39, 0.29) is 11.8 Å². The molecule has 0 spiro atoms. The average molecular weight is 331 g/mol. The lowest BCUT2D eigenvalue weighted by Gasteiger charge is -2.36. The molecule has 1 atom stereocenters. The smallest absolute Gasteiger partial charge is 0.139 e. The molecule has 2 rings (SSSR count). The molecule has 1 fully saturated rings. The van der Waals surface area contributed by atoms with E-state index in [1.165, 1.54) is 0 Å². The summed E-state index contributed by atoms with van der Waals surface area (Å²) in [4.78, 5) is 2.42. The number of rotatable bonds is 5. The van der Waals surface area contributed by atoms with Crippen molar-refractivity contribution in [3.05, 3.63) is 27.7 Å². The molecule has 2 N–H and O–H groups in total. The Bertz CT molecular complexity index is 474. The van der Waals surface area contributed by atoms with E-state index >= 15 is 0 Å². The summed E-state index contributed by atoms with van der Waals surface area (Å²) in [6, 6.07) is 3.63. The fraction of sp³-hybridized carbons (Fsp3) is 0.625. The lowest BCUT2D eigenvalue weighted by atomic mass is 9.95. The predicted molar refractivity (Wildman–Crippen MR) is 89.4 cm³/mol. The fourth-order valence-corrected chi connectivity index (χ4v) is 3.37. The maximum Gasteiger partial charge on any atom is 0.139 e. The van der Waals surface area contributed by atoms with Gasteiger partial charge in [-0.15, -0.1) is 0 Å². The molecule has 118 valence electrons. The minimum Gasteiger partial charge on any atom is -0.506 e. The summed E-state index contributed by atoms with van der Waals surface area (Å²) in [5.41, 5.74) is 0.857. The van der Waals surface area contributed by atoms with Crippen LogP contribution >= 0.6 is 23.2 Å². The van der Waals surface area contributed by atoms with Gasteiger partial charge in [-0.25, -0.2) is 0 Å². The molecule has 5 heteroatoms. The van der Waals surface area contributed by atoms with Gasteiger partial charge in [-0.2, -0.15) is 0 Å². The van der Waals surface area contributed by atoms with Crippen LogP contribution in [0.4, 0.5) is 0 Å². The summed E-state index contributed by atoms with van der Waals surface area (Å²) < 4.78 is 0. The molecule has 0 unspecified atom stereocenters. The first-order valence-electron chi connectivity index (χ1n) is 7.61. The number of nitrogens with one attached hydrogen (secondary N) is 1. The predicted octanol–water partition coefficient (Wildman–Crippen LogP) is 4.08.